The fraction of sp³-hybridized carbons (Fsp3) is 0.211. The Hall–Kier alpha value is -2.39. The molecule has 22 heavy (non-hydrogen) atoms. The SMILES string of the molecule is Cc1c2ccncc2cc2c3ccccc3n(CC3CO3)c12. The summed E-state index contributed by atoms with van der Waals surface area (Å²) in [6.45, 7) is 4.03. The Kier molecular flexibility index (Phi) is 2.38. The van der Waals surface area contributed by atoms with Gasteiger partial charge in [-0.2, -0.15) is 0 Å². The van der Waals surface area contributed by atoms with Gasteiger partial charge in [0.2, 0.25) is 0 Å². The predicted octanol–water partition coefficient (Wildman–Crippen LogP) is 4.05. The second-order valence-electron chi connectivity index (χ2n) is 6.08. The average Bonchev–Trinajstić information content (AvgIpc) is 3.32. The highest BCUT2D eigenvalue weighted by molar-refractivity contribution is 6.14. The van der Waals surface area contributed by atoms with Crippen molar-refractivity contribution >= 4 is 32.6 Å². The molecule has 0 N–H and O–H groups in total. The molecule has 3 heterocycles. The number of fused-ring (bicyclic) bond motifs is 4. The van der Waals surface area contributed by atoms with Crippen LogP contribution in [-0.2, 0) is 11.3 Å². The molecule has 1 atom stereocenters. The van der Waals surface area contributed by atoms with Crippen molar-refractivity contribution in [3.63, 3.8) is 0 Å². The number of ether oxygens (including phenoxy) is 1. The Morgan fingerprint density at radius 3 is 2.91 bits per heavy atom. The van der Waals surface area contributed by atoms with Crippen molar-refractivity contribution in [2.75, 3.05) is 6.61 Å². The fourth-order valence-corrected chi connectivity index (χ4v) is 3.59. The summed E-state index contributed by atoms with van der Waals surface area (Å²) in [4.78, 5) is 4.28. The predicted molar refractivity (Wildman–Crippen MR) is 89.2 cm³/mol. The molecule has 108 valence electrons. The standard InChI is InChI=1S/C19H16N2O/c1-12-15-6-7-20-9-13(15)8-17-16-4-2-3-5-18(16)21(19(12)17)10-14-11-22-14/h2-9,14H,10-11H2,1H3. The van der Waals surface area contributed by atoms with Gasteiger partial charge < -0.3 is 9.30 Å². The van der Waals surface area contributed by atoms with Crippen LogP contribution in [0.4, 0.5) is 0 Å². The summed E-state index contributed by atoms with van der Waals surface area (Å²) in [6, 6.07) is 13.0. The van der Waals surface area contributed by atoms with E-state index in [1.165, 1.54) is 38.1 Å². The molecule has 0 spiro atoms. The van der Waals surface area contributed by atoms with Crippen molar-refractivity contribution < 1.29 is 4.74 Å². The molecule has 1 fully saturated rings. The van der Waals surface area contributed by atoms with Crippen LogP contribution in [0.2, 0.25) is 0 Å². The van der Waals surface area contributed by atoms with E-state index in [9.17, 15) is 0 Å². The lowest BCUT2D eigenvalue weighted by atomic mass is 10.0. The first-order valence-electron chi connectivity index (χ1n) is 7.69. The monoisotopic (exact) mass is 288 g/mol. The van der Waals surface area contributed by atoms with E-state index in [1.54, 1.807) is 0 Å². The largest absolute Gasteiger partial charge is 0.371 e. The number of epoxide rings is 1. The number of aromatic nitrogens is 2. The maximum absolute atomic E-state index is 5.48. The lowest BCUT2D eigenvalue weighted by Crippen LogP contribution is -2.04. The van der Waals surface area contributed by atoms with Crippen LogP contribution in [0, 0.1) is 6.92 Å². The van der Waals surface area contributed by atoms with Crippen molar-refractivity contribution in [1.82, 2.24) is 9.55 Å². The number of nitrogens with zero attached hydrogens (tertiary/aromatic N) is 2. The van der Waals surface area contributed by atoms with E-state index in [-0.39, 0.29) is 0 Å². The first-order chi connectivity index (χ1) is 10.8. The summed E-state index contributed by atoms with van der Waals surface area (Å²) in [6.07, 6.45) is 4.20. The number of benzene rings is 2. The first-order valence-corrected chi connectivity index (χ1v) is 7.69. The summed E-state index contributed by atoms with van der Waals surface area (Å²) < 4.78 is 7.90. The van der Waals surface area contributed by atoms with Crippen molar-refractivity contribution in [1.29, 1.82) is 0 Å². The molecule has 0 radical (unpaired) electrons. The van der Waals surface area contributed by atoms with Gasteiger partial charge in [-0.25, -0.2) is 0 Å². The van der Waals surface area contributed by atoms with Crippen LogP contribution in [-0.4, -0.2) is 22.3 Å². The van der Waals surface area contributed by atoms with Gasteiger partial charge in [-0.15, -0.1) is 0 Å². The molecular weight excluding hydrogens is 272 g/mol. The van der Waals surface area contributed by atoms with Crippen LogP contribution in [0.5, 0.6) is 0 Å². The normalized spacial score (nSPS) is 17.6. The van der Waals surface area contributed by atoms with Crippen LogP contribution in [0.25, 0.3) is 32.6 Å². The van der Waals surface area contributed by atoms with Crippen molar-refractivity contribution in [2.24, 2.45) is 0 Å². The van der Waals surface area contributed by atoms with Crippen molar-refractivity contribution in [2.45, 2.75) is 19.6 Å². The van der Waals surface area contributed by atoms with Crippen LogP contribution in [0.1, 0.15) is 5.56 Å². The Morgan fingerprint density at radius 2 is 2.05 bits per heavy atom. The van der Waals surface area contributed by atoms with Gasteiger partial charge in [-0.05, 0) is 36.1 Å². The Morgan fingerprint density at radius 1 is 1.18 bits per heavy atom. The van der Waals surface area contributed by atoms with E-state index in [4.69, 9.17) is 4.74 Å². The molecule has 0 saturated carbocycles. The third-order valence-electron chi connectivity index (χ3n) is 4.71. The van der Waals surface area contributed by atoms with E-state index in [1.807, 2.05) is 12.4 Å². The maximum atomic E-state index is 5.48. The van der Waals surface area contributed by atoms with Crippen LogP contribution in [0.15, 0.2) is 48.8 Å². The maximum Gasteiger partial charge on any atom is 0.0988 e. The van der Waals surface area contributed by atoms with Gasteiger partial charge in [-0.1, -0.05) is 18.2 Å². The van der Waals surface area contributed by atoms with Crippen LogP contribution in [0.3, 0.4) is 0 Å². The minimum Gasteiger partial charge on any atom is -0.371 e. The highest BCUT2D eigenvalue weighted by Crippen LogP contribution is 2.36. The zero-order chi connectivity index (χ0) is 14.7. The molecule has 2 aromatic carbocycles. The molecule has 0 bridgehead atoms. The summed E-state index contributed by atoms with van der Waals surface area (Å²) in [5.74, 6) is 0. The van der Waals surface area contributed by atoms with Gasteiger partial charge in [0.25, 0.3) is 0 Å². The summed E-state index contributed by atoms with van der Waals surface area (Å²) in [5.41, 5.74) is 3.95. The van der Waals surface area contributed by atoms with E-state index >= 15 is 0 Å². The molecule has 0 amide bonds. The summed E-state index contributed by atoms with van der Waals surface area (Å²) in [7, 11) is 0. The first kappa shape index (κ1) is 12.2. The summed E-state index contributed by atoms with van der Waals surface area (Å²) in [5, 5.41) is 5.11. The van der Waals surface area contributed by atoms with E-state index in [0.29, 0.717) is 6.10 Å². The quantitative estimate of drug-likeness (QED) is 0.521. The Bertz CT molecular complexity index is 1030. The fourth-order valence-electron chi connectivity index (χ4n) is 3.59. The second-order valence-corrected chi connectivity index (χ2v) is 6.08. The Balaban J connectivity index is 1.99. The number of aryl methyl sites for hydroxylation is 1. The van der Waals surface area contributed by atoms with E-state index in [2.05, 4.69) is 52.9 Å². The summed E-state index contributed by atoms with van der Waals surface area (Å²) >= 11 is 0. The van der Waals surface area contributed by atoms with E-state index < -0.39 is 0 Å². The van der Waals surface area contributed by atoms with Crippen molar-refractivity contribution in [3.05, 3.63) is 54.4 Å². The molecule has 1 aliphatic rings. The molecule has 2 aromatic heterocycles. The minimum atomic E-state index is 0.367. The lowest BCUT2D eigenvalue weighted by molar-refractivity contribution is 0.387. The van der Waals surface area contributed by atoms with Crippen molar-refractivity contribution in [3.8, 4) is 0 Å². The van der Waals surface area contributed by atoms with Gasteiger partial charge in [-0.3, -0.25) is 4.98 Å². The molecule has 3 heteroatoms. The minimum absolute atomic E-state index is 0.367. The molecule has 5 rings (SSSR count). The van der Waals surface area contributed by atoms with Gasteiger partial charge in [0.05, 0.1) is 24.8 Å². The van der Waals surface area contributed by atoms with Gasteiger partial charge in [0.1, 0.15) is 0 Å². The third-order valence-corrected chi connectivity index (χ3v) is 4.71. The number of rotatable bonds is 2. The lowest BCUT2D eigenvalue weighted by Gasteiger charge is -2.09. The Labute approximate surface area is 128 Å². The number of para-hydroxylation sites is 1. The molecule has 4 aromatic rings. The molecule has 1 saturated heterocycles. The van der Waals surface area contributed by atoms with Gasteiger partial charge in [0.15, 0.2) is 0 Å². The van der Waals surface area contributed by atoms with Gasteiger partial charge in [0, 0.05) is 34.1 Å². The molecule has 0 aliphatic carbocycles. The van der Waals surface area contributed by atoms with Crippen LogP contribution >= 0.6 is 0 Å². The molecular formula is C19H16N2O. The van der Waals surface area contributed by atoms with Crippen LogP contribution < -0.4 is 0 Å². The molecule has 1 aliphatic heterocycles. The molecule has 1 unspecified atom stereocenters. The number of pyridine rings is 1. The smallest absolute Gasteiger partial charge is 0.0988 e. The average molecular weight is 288 g/mol. The van der Waals surface area contributed by atoms with E-state index in [0.717, 1.165) is 13.2 Å². The third kappa shape index (κ3) is 1.63. The van der Waals surface area contributed by atoms with Gasteiger partial charge >= 0.3 is 0 Å². The highest BCUT2D eigenvalue weighted by Gasteiger charge is 2.25. The zero-order valence-corrected chi connectivity index (χ0v) is 12.4. The number of hydrogen-bond acceptors (Lipinski definition) is 2. The zero-order valence-electron chi connectivity index (χ0n) is 12.4. The second kappa shape index (κ2) is 4.31. The highest BCUT2D eigenvalue weighted by atomic mass is 16.6. The number of hydrogen-bond donors (Lipinski definition) is 0. The topological polar surface area (TPSA) is 30.4 Å². The molecule has 3 nitrogen and oxygen atoms in total.